The molecule has 0 aliphatic carbocycles. The molecule has 2 saturated heterocycles. The lowest BCUT2D eigenvalue weighted by atomic mass is 10.1. The van der Waals surface area contributed by atoms with Crippen LogP contribution in [0.4, 0.5) is 16.2 Å². The second kappa shape index (κ2) is 9.42. The second-order valence-electron chi connectivity index (χ2n) is 7.98. The standard InChI is InChI=1S/C21H34N4O2/c1-17-8-9-18(23(2)3)14-20(17)22-21(26)25-12-7-13-27-19(16-25)15-24-10-5-4-6-11-24/h8-9,14,19H,4-7,10-13,15-16H2,1-3H3,(H,22,26). The number of piperidine rings is 1. The van der Waals surface area contributed by atoms with Gasteiger partial charge in [0.05, 0.1) is 6.10 Å². The first-order chi connectivity index (χ1) is 13.0. The molecule has 0 aromatic heterocycles. The molecule has 1 unspecified atom stereocenters. The molecule has 6 heteroatoms. The van der Waals surface area contributed by atoms with Gasteiger partial charge in [-0.05, 0) is 57.0 Å². The molecular formula is C21H34N4O2. The topological polar surface area (TPSA) is 48.1 Å². The van der Waals surface area contributed by atoms with Crippen LogP contribution in [0.1, 0.15) is 31.2 Å². The second-order valence-corrected chi connectivity index (χ2v) is 7.98. The summed E-state index contributed by atoms with van der Waals surface area (Å²) in [6, 6.07) is 6.13. The van der Waals surface area contributed by atoms with E-state index in [2.05, 4.69) is 22.3 Å². The van der Waals surface area contributed by atoms with Crippen LogP contribution < -0.4 is 10.2 Å². The van der Waals surface area contributed by atoms with E-state index in [1.54, 1.807) is 0 Å². The molecule has 0 saturated carbocycles. The fourth-order valence-electron chi connectivity index (χ4n) is 3.84. The van der Waals surface area contributed by atoms with E-state index < -0.39 is 0 Å². The molecule has 2 aliphatic heterocycles. The van der Waals surface area contributed by atoms with Crippen molar-refractivity contribution in [2.24, 2.45) is 0 Å². The van der Waals surface area contributed by atoms with E-state index in [-0.39, 0.29) is 12.1 Å². The van der Waals surface area contributed by atoms with E-state index in [4.69, 9.17) is 4.74 Å². The molecule has 1 atom stereocenters. The Labute approximate surface area is 163 Å². The molecule has 150 valence electrons. The summed E-state index contributed by atoms with van der Waals surface area (Å²) in [4.78, 5) is 19.4. The van der Waals surface area contributed by atoms with Crippen molar-refractivity contribution in [3.8, 4) is 0 Å². The highest BCUT2D eigenvalue weighted by atomic mass is 16.5. The molecule has 0 bridgehead atoms. The highest BCUT2D eigenvalue weighted by molar-refractivity contribution is 5.91. The zero-order chi connectivity index (χ0) is 19.2. The number of amides is 2. The first kappa shape index (κ1) is 20.0. The van der Waals surface area contributed by atoms with Crippen molar-refractivity contribution in [1.82, 2.24) is 9.80 Å². The number of likely N-dealkylation sites (tertiary alicyclic amines) is 1. The number of aryl methyl sites for hydroxylation is 1. The minimum atomic E-state index is -0.0249. The van der Waals surface area contributed by atoms with Crippen LogP contribution >= 0.6 is 0 Å². The van der Waals surface area contributed by atoms with Crippen LogP contribution in [0, 0.1) is 6.92 Å². The minimum absolute atomic E-state index is 0.0249. The van der Waals surface area contributed by atoms with Gasteiger partial charge in [0, 0.05) is 51.7 Å². The molecule has 2 fully saturated rings. The summed E-state index contributed by atoms with van der Waals surface area (Å²) in [6.07, 6.45) is 4.88. The maximum Gasteiger partial charge on any atom is 0.321 e. The number of hydrogen-bond acceptors (Lipinski definition) is 4. The number of ether oxygens (including phenoxy) is 1. The van der Waals surface area contributed by atoms with Crippen LogP contribution in [-0.4, -0.2) is 75.4 Å². The van der Waals surface area contributed by atoms with Crippen molar-refractivity contribution in [2.45, 2.75) is 38.7 Å². The van der Waals surface area contributed by atoms with E-state index in [9.17, 15) is 4.79 Å². The third kappa shape index (κ3) is 5.59. The van der Waals surface area contributed by atoms with E-state index in [0.29, 0.717) is 6.54 Å². The van der Waals surface area contributed by atoms with Gasteiger partial charge in [0.15, 0.2) is 0 Å². The van der Waals surface area contributed by atoms with Crippen molar-refractivity contribution in [3.63, 3.8) is 0 Å². The number of carbonyl (C=O) groups is 1. The summed E-state index contributed by atoms with van der Waals surface area (Å²) in [5.41, 5.74) is 3.03. The Morgan fingerprint density at radius 1 is 1.19 bits per heavy atom. The molecule has 2 amide bonds. The normalized spacial score (nSPS) is 21.6. The fourth-order valence-corrected chi connectivity index (χ4v) is 3.84. The van der Waals surface area contributed by atoms with Crippen molar-refractivity contribution in [3.05, 3.63) is 23.8 Å². The Hall–Kier alpha value is -1.79. The zero-order valence-corrected chi connectivity index (χ0v) is 17.0. The summed E-state index contributed by atoms with van der Waals surface area (Å²) in [5, 5.41) is 3.12. The minimum Gasteiger partial charge on any atom is -0.378 e. The predicted molar refractivity (Wildman–Crippen MR) is 111 cm³/mol. The smallest absolute Gasteiger partial charge is 0.321 e. The zero-order valence-electron chi connectivity index (χ0n) is 17.0. The lowest BCUT2D eigenvalue weighted by Gasteiger charge is -2.31. The lowest BCUT2D eigenvalue weighted by molar-refractivity contribution is 0.0261. The molecule has 2 heterocycles. The van der Waals surface area contributed by atoms with Gasteiger partial charge in [-0.2, -0.15) is 0 Å². The Morgan fingerprint density at radius 3 is 2.70 bits per heavy atom. The van der Waals surface area contributed by atoms with E-state index >= 15 is 0 Å². The SMILES string of the molecule is Cc1ccc(N(C)C)cc1NC(=O)N1CCCOC(CN2CCCCC2)C1. The Kier molecular flexibility index (Phi) is 6.96. The molecule has 0 radical (unpaired) electrons. The van der Waals surface area contributed by atoms with Gasteiger partial charge in [-0.15, -0.1) is 0 Å². The maximum absolute atomic E-state index is 12.9. The molecule has 6 nitrogen and oxygen atoms in total. The average molecular weight is 375 g/mol. The number of carbonyl (C=O) groups excluding carboxylic acids is 1. The van der Waals surface area contributed by atoms with Crippen molar-refractivity contribution >= 4 is 17.4 Å². The molecule has 1 aromatic carbocycles. The maximum atomic E-state index is 12.9. The Balaban J connectivity index is 1.62. The van der Waals surface area contributed by atoms with Gasteiger partial charge in [0.1, 0.15) is 0 Å². The average Bonchev–Trinajstić information content (AvgIpc) is 2.90. The van der Waals surface area contributed by atoms with Gasteiger partial charge in [0.2, 0.25) is 0 Å². The van der Waals surface area contributed by atoms with E-state index in [0.717, 1.165) is 56.1 Å². The monoisotopic (exact) mass is 374 g/mol. The Bertz CT molecular complexity index is 629. The first-order valence-corrected chi connectivity index (χ1v) is 10.2. The largest absolute Gasteiger partial charge is 0.378 e. The number of urea groups is 1. The molecule has 1 N–H and O–H groups in total. The molecule has 0 spiro atoms. The van der Waals surface area contributed by atoms with E-state index in [1.165, 1.54) is 19.3 Å². The highest BCUT2D eigenvalue weighted by Crippen LogP contribution is 2.23. The highest BCUT2D eigenvalue weighted by Gasteiger charge is 2.25. The summed E-state index contributed by atoms with van der Waals surface area (Å²) < 4.78 is 6.04. The predicted octanol–water partition coefficient (Wildman–Crippen LogP) is 3.17. The summed E-state index contributed by atoms with van der Waals surface area (Å²) >= 11 is 0. The van der Waals surface area contributed by atoms with Crippen LogP contribution in [-0.2, 0) is 4.74 Å². The van der Waals surface area contributed by atoms with Gasteiger partial charge in [-0.3, -0.25) is 0 Å². The van der Waals surface area contributed by atoms with Gasteiger partial charge < -0.3 is 24.8 Å². The molecule has 27 heavy (non-hydrogen) atoms. The molecule has 1 aromatic rings. The number of nitrogens with zero attached hydrogens (tertiary/aromatic N) is 3. The van der Waals surface area contributed by atoms with Crippen LogP contribution in [0.2, 0.25) is 0 Å². The first-order valence-electron chi connectivity index (χ1n) is 10.2. The number of hydrogen-bond donors (Lipinski definition) is 1. The number of rotatable bonds is 4. The number of benzene rings is 1. The van der Waals surface area contributed by atoms with E-state index in [1.807, 2.05) is 36.9 Å². The quantitative estimate of drug-likeness (QED) is 0.879. The third-order valence-electron chi connectivity index (χ3n) is 5.53. The van der Waals surface area contributed by atoms with Gasteiger partial charge in [-0.1, -0.05) is 12.5 Å². The summed E-state index contributed by atoms with van der Waals surface area (Å²) in [5.74, 6) is 0. The van der Waals surface area contributed by atoms with Crippen molar-refractivity contribution in [2.75, 3.05) is 63.6 Å². The molecule has 2 aliphatic rings. The molecular weight excluding hydrogens is 340 g/mol. The number of anilines is 2. The van der Waals surface area contributed by atoms with Gasteiger partial charge >= 0.3 is 6.03 Å². The van der Waals surface area contributed by atoms with Crippen molar-refractivity contribution < 1.29 is 9.53 Å². The number of nitrogens with one attached hydrogen (secondary N) is 1. The summed E-state index contributed by atoms with van der Waals surface area (Å²) in [6.45, 7) is 7.41. The van der Waals surface area contributed by atoms with Gasteiger partial charge in [0.25, 0.3) is 0 Å². The summed E-state index contributed by atoms with van der Waals surface area (Å²) in [7, 11) is 4.02. The Morgan fingerprint density at radius 2 is 1.96 bits per heavy atom. The van der Waals surface area contributed by atoms with Crippen molar-refractivity contribution in [1.29, 1.82) is 0 Å². The van der Waals surface area contributed by atoms with Crippen LogP contribution in [0.25, 0.3) is 0 Å². The third-order valence-corrected chi connectivity index (χ3v) is 5.53. The van der Waals surface area contributed by atoms with Crippen LogP contribution in [0.15, 0.2) is 18.2 Å². The lowest BCUT2D eigenvalue weighted by Crippen LogP contribution is -2.45. The fraction of sp³-hybridized carbons (Fsp3) is 0.667. The molecule has 3 rings (SSSR count). The van der Waals surface area contributed by atoms with Crippen LogP contribution in [0.5, 0.6) is 0 Å². The van der Waals surface area contributed by atoms with Gasteiger partial charge in [-0.25, -0.2) is 4.79 Å². The van der Waals surface area contributed by atoms with Crippen LogP contribution in [0.3, 0.4) is 0 Å².